The molecule has 1 saturated carbocycles. The summed E-state index contributed by atoms with van der Waals surface area (Å²) in [6.45, 7) is 4.58. The summed E-state index contributed by atoms with van der Waals surface area (Å²) < 4.78 is 49.7. The summed E-state index contributed by atoms with van der Waals surface area (Å²) in [6.07, 6.45) is 11.7. The molecule has 0 aromatic heterocycles. The Hall–Kier alpha value is -2.59. The van der Waals surface area contributed by atoms with Gasteiger partial charge in [-0.05, 0) is 85.1 Å². The number of aryl methyl sites for hydroxylation is 1. The number of rotatable bonds is 7. The summed E-state index contributed by atoms with van der Waals surface area (Å²) in [7, 11) is 0. The monoisotopic (exact) mass is 464 g/mol. The average Bonchev–Trinajstić information content (AvgIpc) is 3.71. The lowest BCUT2D eigenvalue weighted by Gasteiger charge is -2.27. The summed E-state index contributed by atoms with van der Waals surface area (Å²) in [6, 6.07) is 10.9. The van der Waals surface area contributed by atoms with Gasteiger partial charge >= 0.3 is 0 Å². The van der Waals surface area contributed by atoms with Crippen LogP contribution in [-0.2, 0) is 11.2 Å². The first-order valence-electron chi connectivity index (χ1n) is 12.4. The number of halogens is 3. The third-order valence-corrected chi connectivity index (χ3v) is 7.75. The van der Waals surface area contributed by atoms with Crippen molar-refractivity contribution in [2.75, 3.05) is 6.61 Å². The van der Waals surface area contributed by atoms with E-state index in [-0.39, 0.29) is 29.3 Å². The third kappa shape index (κ3) is 4.93. The smallest absolute Gasteiger partial charge is 0.166 e. The van der Waals surface area contributed by atoms with Crippen molar-refractivity contribution in [2.24, 2.45) is 11.8 Å². The minimum Gasteiger partial charge on any atom is -0.372 e. The van der Waals surface area contributed by atoms with Gasteiger partial charge in [0.05, 0.1) is 12.7 Å². The summed E-state index contributed by atoms with van der Waals surface area (Å²) in [5, 5.41) is 0. The minimum absolute atomic E-state index is 0.0674. The molecule has 5 rings (SSSR count). The van der Waals surface area contributed by atoms with Crippen LogP contribution in [0, 0.1) is 23.5 Å². The first kappa shape index (κ1) is 23.2. The van der Waals surface area contributed by atoms with Crippen LogP contribution in [0.2, 0.25) is 0 Å². The first-order valence-corrected chi connectivity index (χ1v) is 12.4. The standard InChI is InChI=1S/C30H31F3O/c1-2-19-3-8-21(9-4-19)25-15-16-26(30(33)29(25)32)22-10-5-20(6-11-22)7-12-23-13-14-24(17-27(23)31)28-18-34-28/h2,5-6,10-11,13,15-17,19,21,24,28H,1,3-4,7-9,12,14,18H2. The highest BCUT2D eigenvalue weighted by atomic mass is 19.2. The molecule has 1 nitrogen and oxygen atoms in total. The normalized spacial score (nSPS) is 26.6. The van der Waals surface area contributed by atoms with Crippen LogP contribution in [0.3, 0.4) is 0 Å². The Labute approximate surface area is 200 Å². The molecule has 0 spiro atoms. The number of hydrogen-bond donors (Lipinski definition) is 0. The second-order valence-corrected chi connectivity index (χ2v) is 9.89. The Kier molecular flexibility index (Phi) is 6.78. The maximum Gasteiger partial charge on any atom is 0.166 e. The van der Waals surface area contributed by atoms with E-state index in [0.29, 0.717) is 29.9 Å². The molecule has 0 amide bonds. The molecular weight excluding hydrogens is 433 g/mol. The zero-order chi connectivity index (χ0) is 23.7. The summed E-state index contributed by atoms with van der Waals surface area (Å²) in [5.74, 6) is -0.920. The van der Waals surface area contributed by atoms with Crippen LogP contribution in [0.25, 0.3) is 11.1 Å². The Morgan fingerprint density at radius 3 is 2.29 bits per heavy atom. The van der Waals surface area contributed by atoms with Crippen LogP contribution in [0.4, 0.5) is 13.2 Å². The summed E-state index contributed by atoms with van der Waals surface area (Å²) >= 11 is 0. The van der Waals surface area contributed by atoms with Gasteiger partial charge in [-0.3, -0.25) is 0 Å². The molecule has 2 aromatic rings. The van der Waals surface area contributed by atoms with E-state index in [0.717, 1.165) is 49.8 Å². The number of epoxide rings is 1. The van der Waals surface area contributed by atoms with E-state index in [4.69, 9.17) is 4.74 Å². The molecule has 3 aliphatic rings. The van der Waals surface area contributed by atoms with Crippen molar-refractivity contribution in [2.45, 2.75) is 57.0 Å². The molecule has 2 fully saturated rings. The first-order chi connectivity index (χ1) is 16.5. The van der Waals surface area contributed by atoms with E-state index in [1.165, 1.54) is 0 Å². The fraction of sp³-hybridized carbons (Fsp3) is 0.400. The second kappa shape index (κ2) is 9.95. The molecular formula is C30H31F3O. The summed E-state index contributed by atoms with van der Waals surface area (Å²) in [4.78, 5) is 0. The highest BCUT2D eigenvalue weighted by Gasteiger charge is 2.33. The Bertz CT molecular complexity index is 1100. The predicted molar refractivity (Wildman–Crippen MR) is 130 cm³/mol. The van der Waals surface area contributed by atoms with Crippen LogP contribution >= 0.6 is 0 Å². The van der Waals surface area contributed by atoms with Gasteiger partial charge in [-0.15, -0.1) is 6.58 Å². The lowest BCUT2D eigenvalue weighted by Crippen LogP contribution is -2.13. The van der Waals surface area contributed by atoms with Gasteiger partial charge in [-0.1, -0.05) is 48.6 Å². The summed E-state index contributed by atoms with van der Waals surface area (Å²) in [5.41, 5.74) is 3.21. The van der Waals surface area contributed by atoms with Crippen LogP contribution < -0.4 is 0 Å². The molecule has 0 bridgehead atoms. The Balaban J connectivity index is 1.23. The van der Waals surface area contributed by atoms with Gasteiger partial charge in [-0.25, -0.2) is 13.2 Å². The van der Waals surface area contributed by atoms with Gasteiger partial charge in [0, 0.05) is 11.5 Å². The molecule has 0 N–H and O–H groups in total. The van der Waals surface area contributed by atoms with Gasteiger partial charge in [0.25, 0.3) is 0 Å². The van der Waals surface area contributed by atoms with E-state index in [1.807, 2.05) is 36.4 Å². The fourth-order valence-corrected chi connectivity index (χ4v) is 5.42. The average molecular weight is 465 g/mol. The molecule has 2 unspecified atom stereocenters. The molecule has 4 heteroatoms. The van der Waals surface area contributed by atoms with E-state index in [1.54, 1.807) is 18.2 Å². The predicted octanol–water partition coefficient (Wildman–Crippen LogP) is 8.22. The van der Waals surface area contributed by atoms with E-state index in [9.17, 15) is 8.78 Å². The van der Waals surface area contributed by atoms with Crippen LogP contribution in [-0.4, -0.2) is 12.7 Å². The highest BCUT2D eigenvalue weighted by molar-refractivity contribution is 5.65. The number of allylic oxidation sites excluding steroid dienone is 4. The van der Waals surface area contributed by atoms with E-state index < -0.39 is 11.6 Å². The van der Waals surface area contributed by atoms with Crippen molar-refractivity contribution >= 4 is 0 Å². The number of hydrogen-bond acceptors (Lipinski definition) is 1. The Morgan fingerprint density at radius 2 is 1.65 bits per heavy atom. The van der Waals surface area contributed by atoms with Gasteiger partial charge in [-0.2, -0.15) is 0 Å². The van der Waals surface area contributed by atoms with E-state index >= 15 is 4.39 Å². The molecule has 0 radical (unpaired) electrons. The van der Waals surface area contributed by atoms with Crippen molar-refractivity contribution in [1.29, 1.82) is 0 Å². The lowest BCUT2D eigenvalue weighted by molar-refractivity contribution is 0.356. The molecule has 2 aromatic carbocycles. The fourth-order valence-electron chi connectivity index (χ4n) is 5.42. The zero-order valence-corrected chi connectivity index (χ0v) is 19.4. The van der Waals surface area contributed by atoms with Crippen LogP contribution in [0.1, 0.15) is 55.6 Å². The second-order valence-electron chi connectivity index (χ2n) is 9.89. The molecule has 178 valence electrons. The van der Waals surface area contributed by atoms with Gasteiger partial charge < -0.3 is 4.74 Å². The third-order valence-electron chi connectivity index (χ3n) is 7.75. The Morgan fingerprint density at radius 1 is 0.912 bits per heavy atom. The van der Waals surface area contributed by atoms with Crippen molar-refractivity contribution in [3.63, 3.8) is 0 Å². The van der Waals surface area contributed by atoms with Crippen LogP contribution in [0.15, 0.2) is 72.6 Å². The van der Waals surface area contributed by atoms with Crippen molar-refractivity contribution < 1.29 is 17.9 Å². The lowest BCUT2D eigenvalue weighted by atomic mass is 9.78. The molecule has 1 aliphatic heterocycles. The highest BCUT2D eigenvalue weighted by Crippen LogP contribution is 2.39. The number of ether oxygens (including phenoxy) is 1. The van der Waals surface area contributed by atoms with Crippen LogP contribution in [0.5, 0.6) is 0 Å². The molecule has 1 heterocycles. The maximum atomic E-state index is 15.0. The molecule has 2 atom stereocenters. The molecule has 2 aliphatic carbocycles. The quantitative estimate of drug-likeness (QED) is 0.297. The molecule has 34 heavy (non-hydrogen) atoms. The van der Waals surface area contributed by atoms with E-state index in [2.05, 4.69) is 6.58 Å². The zero-order valence-electron chi connectivity index (χ0n) is 19.4. The van der Waals surface area contributed by atoms with Gasteiger partial charge in [0.1, 0.15) is 5.83 Å². The largest absolute Gasteiger partial charge is 0.372 e. The van der Waals surface area contributed by atoms with Crippen molar-refractivity contribution in [3.8, 4) is 11.1 Å². The van der Waals surface area contributed by atoms with Crippen molar-refractivity contribution in [3.05, 3.63) is 95.4 Å². The SMILES string of the molecule is C=CC1CCC(c2ccc(-c3ccc(CCC4=CCC(C5CO5)C=C4F)cc3)c(F)c2F)CC1. The van der Waals surface area contributed by atoms with Gasteiger partial charge in [0.15, 0.2) is 11.6 Å². The topological polar surface area (TPSA) is 12.5 Å². The van der Waals surface area contributed by atoms with Gasteiger partial charge in [0.2, 0.25) is 0 Å². The minimum atomic E-state index is -0.773. The molecule has 1 saturated heterocycles. The number of benzene rings is 2. The van der Waals surface area contributed by atoms with Crippen molar-refractivity contribution in [1.82, 2.24) is 0 Å². The maximum absolute atomic E-state index is 15.0.